The van der Waals surface area contributed by atoms with Gasteiger partial charge in [0, 0.05) is 37.0 Å². The average molecular weight is 273 g/mol. The molecule has 0 saturated heterocycles. The van der Waals surface area contributed by atoms with E-state index in [0.29, 0.717) is 11.5 Å². The van der Waals surface area contributed by atoms with Gasteiger partial charge in [0.1, 0.15) is 5.76 Å². The zero-order valence-electron chi connectivity index (χ0n) is 12.3. The summed E-state index contributed by atoms with van der Waals surface area (Å²) in [6.45, 7) is 6.67. The first-order valence-corrected chi connectivity index (χ1v) is 7.39. The van der Waals surface area contributed by atoms with Crippen molar-refractivity contribution in [3.05, 3.63) is 42.4 Å². The summed E-state index contributed by atoms with van der Waals surface area (Å²) < 4.78 is 7.76. The summed E-state index contributed by atoms with van der Waals surface area (Å²) in [4.78, 5) is 4.06. The molecule has 1 aliphatic rings. The zero-order chi connectivity index (χ0) is 14.0. The zero-order valence-corrected chi connectivity index (χ0v) is 12.3. The molecule has 2 heterocycles. The van der Waals surface area contributed by atoms with E-state index < -0.39 is 0 Å². The number of nitrogens with one attached hydrogen (secondary N) is 1. The van der Waals surface area contributed by atoms with E-state index in [1.54, 1.807) is 0 Å². The highest BCUT2D eigenvalue weighted by Crippen LogP contribution is 2.41. The van der Waals surface area contributed by atoms with Gasteiger partial charge in [0.15, 0.2) is 0 Å². The number of aryl methyl sites for hydroxylation is 1. The molecule has 4 heteroatoms. The van der Waals surface area contributed by atoms with E-state index in [4.69, 9.17) is 4.42 Å². The highest BCUT2D eigenvalue weighted by molar-refractivity contribution is 5.26. The first-order valence-electron chi connectivity index (χ1n) is 7.39. The summed E-state index contributed by atoms with van der Waals surface area (Å²) >= 11 is 0. The standard InChI is InChI=1S/C16H23N3O/c1-16(2)10-14(13-4-9-20-15(13)11-16)18-5-3-7-19-8-6-17-12-19/h4,6,8-9,12,14,18H,3,5,7,10-11H2,1-2H3. The molecule has 0 radical (unpaired) electrons. The van der Waals surface area contributed by atoms with Gasteiger partial charge < -0.3 is 14.3 Å². The van der Waals surface area contributed by atoms with Gasteiger partial charge in [-0.1, -0.05) is 13.8 Å². The maximum absolute atomic E-state index is 5.63. The highest BCUT2D eigenvalue weighted by atomic mass is 16.3. The second-order valence-electron chi connectivity index (χ2n) is 6.51. The van der Waals surface area contributed by atoms with E-state index in [1.807, 2.05) is 25.0 Å². The molecule has 2 aromatic heterocycles. The molecule has 0 fully saturated rings. The maximum Gasteiger partial charge on any atom is 0.109 e. The Morgan fingerprint density at radius 1 is 1.50 bits per heavy atom. The molecule has 1 atom stereocenters. The molecule has 0 spiro atoms. The van der Waals surface area contributed by atoms with Crippen LogP contribution in [-0.4, -0.2) is 16.1 Å². The molecule has 0 bridgehead atoms. The molecule has 3 rings (SSSR count). The number of imidazole rings is 1. The van der Waals surface area contributed by atoms with Crippen molar-refractivity contribution in [2.45, 2.75) is 45.7 Å². The van der Waals surface area contributed by atoms with E-state index in [0.717, 1.165) is 31.7 Å². The van der Waals surface area contributed by atoms with Gasteiger partial charge in [0.25, 0.3) is 0 Å². The van der Waals surface area contributed by atoms with E-state index in [2.05, 4.69) is 34.8 Å². The lowest BCUT2D eigenvalue weighted by molar-refractivity contribution is 0.235. The first-order chi connectivity index (χ1) is 9.64. The Bertz CT molecular complexity index is 542. The second-order valence-corrected chi connectivity index (χ2v) is 6.51. The molecule has 2 aromatic rings. The molecule has 0 amide bonds. The largest absolute Gasteiger partial charge is 0.469 e. The molecular formula is C16H23N3O. The van der Waals surface area contributed by atoms with Gasteiger partial charge in [-0.3, -0.25) is 0 Å². The lowest BCUT2D eigenvalue weighted by Gasteiger charge is -2.35. The minimum atomic E-state index is 0.312. The maximum atomic E-state index is 5.63. The van der Waals surface area contributed by atoms with Crippen LogP contribution in [0.5, 0.6) is 0 Å². The smallest absolute Gasteiger partial charge is 0.109 e. The summed E-state index contributed by atoms with van der Waals surface area (Å²) in [5, 5.41) is 3.69. The van der Waals surface area contributed by atoms with Crippen molar-refractivity contribution < 1.29 is 4.42 Å². The molecule has 0 saturated carbocycles. The van der Waals surface area contributed by atoms with Crippen LogP contribution < -0.4 is 5.32 Å². The third-order valence-electron chi connectivity index (χ3n) is 4.09. The van der Waals surface area contributed by atoms with Crippen LogP contribution in [0.2, 0.25) is 0 Å². The van der Waals surface area contributed by atoms with Crippen molar-refractivity contribution in [2.24, 2.45) is 5.41 Å². The van der Waals surface area contributed by atoms with Gasteiger partial charge in [-0.15, -0.1) is 0 Å². The van der Waals surface area contributed by atoms with Crippen LogP contribution >= 0.6 is 0 Å². The Balaban J connectivity index is 1.55. The number of rotatable bonds is 5. The minimum Gasteiger partial charge on any atom is -0.469 e. The van der Waals surface area contributed by atoms with Crippen LogP contribution in [0.4, 0.5) is 0 Å². The topological polar surface area (TPSA) is 43.0 Å². The lowest BCUT2D eigenvalue weighted by Crippen LogP contribution is -2.33. The fourth-order valence-electron chi connectivity index (χ4n) is 3.11. The fraction of sp³-hybridized carbons (Fsp3) is 0.562. The Morgan fingerprint density at radius 2 is 2.40 bits per heavy atom. The van der Waals surface area contributed by atoms with Gasteiger partial charge in [-0.25, -0.2) is 4.98 Å². The quantitative estimate of drug-likeness (QED) is 0.851. The van der Waals surface area contributed by atoms with Crippen LogP contribution in [-0.2, 0) is 13.0 Å². The van der Waals surface area contributed by atoms with Gasteiger partial charge >= 0.3 is 0 Å². The Kier molecular flexibility index (Phi) is 3.66. The van der Waals surface area contributed by atoms with Gasteiger partial charge in [-0.2, -0.15) is 0 Å². The van der Waals surface area contributed by atoms with Crippen LogP contribution in [0.1, 0.15) is 44.1 Å². The summed E-state index contributed by atoms with van der Waals surface area (Å²) in [6.07, 6.45) is 10.9. The summed E-state index contributed by atoms with van der Waals surface area (Å²) in [6, 6.07) is 2.55. The van der Waals surface area contributed by atoms with E-state index in [9.17, 15) is 0 Å². The third-order valence-corrected chi connectivity index (χ3v) is 4.09. The van der Waals surface area contributed by atoms with Gasteiger partial charge in [0.2, 0.25) is 0 Å². The lowest BCUT2D eigenvalue weighted by atomic mass is 9.75. The van der Waals surface area contributed by atoms with Gasteiger partial charge in [0.05, 0.1) is 12.6 Å². The number of aromatic nitrogens is 2. The van der Waals surface area contributed by atoms with Crippen LogP contribution in [0.25, 0.3) is 0 Å². The Labute approximate surface area is 120 Å². The fourth-order valence-corrected chi connectivity index (χ4v) is 3.11. The molecule has 1 N–H and O–H groups in total. The van der Waals surface area contributed by atoms with Crippen molar-refractivity contribution in [1.82, 2.24) is 14.9 Å². The molecular weight excluding hydrogens is 250 g/mol. The number of fused-ring (bicyclic) bond motifs is 1. The molecule has 0 aliphatic heterocycles. The molecule has 108 valence electrons. The van der Waals surface area contributed by atoms with Crippen LogP contribution in [0.15, 0.2) is 35.5 Å². The van der Waals surface area contributed by atoms with Crippen LogP contribution in [0.3, 0.4) is 0 Å². The average Bonchev–Trinajstić information content (AvgIpc) is 3.03. The van der Waals surface area contributed by atoms with E-state index >= 15 is 0 Å². The number of hydrogen-bond donors (Lipinski definition) is 1. The molecule has 1 aliphatic carbocycles. The van der Waals surface area contributed by atoms with Crippen molar-refractivity contribution >= 4 is 0 Å². The van der Waals surface area contributed by atoms with Crippen LogP contribution in [0, 0.1) is 5.41 Å². The SMILES string of the molecule is CC1(C)Cc2occc2C(NCCCn2ccnc2)C1. The van der Waals surface area contributed by atoms with E-state index in [1.165, 1.54) is 12.0 Å². The third kappa shape index (κ3) is 2.96. The predicted molar refractivity (Wildman–Crippen MR) is 78.4 cm³/mol. The summed E-state index contributed by atoms with van der Waals surface area (Å²) in [7, 11) is 0. The van der Waals surface area contributed by atoms with Crippen molar-refractivity contribution in [3.63, 3.8) is 0 Å². The van der Waals surface area contributed by atoms with Crippen molar-refractivity contribution in [1.29, 1.82) is 0 Å². The molecule has 20 heavy (non-hydrogen) atoms. The summed E-state index contributed by atoms with van der Waals surface area (Å²) in [5.41, 5.74) is 1.67. The van der Waals surface area contributed by atoms with E-state index in [-0.39, 0.29) is 0 Å². The van der Waals surface area contributed by atoms with Gasteiger partial charge in [-0.05, 0) is 30.9 Å². The highest BCUT2D eigenvalue weighted by Gasteiger charge is 2.33. The summed E-state index contributed by atoms with van der Waals surface area (Å²) in [5.74, 6) is 1.16. The minimum absolute atomic E-state index is 0.312. The molecule has 1 unspecified atom stereocenters. The monoisotopic (exact) mass is 273 g/mol. The normalized spacial score (nSPS) is 20.8. The Hall–Kier alpha value is -1.55. The Morgan fingerprint density at radius 3 is 3.20 bits per heavy atom. The van der Waals surface area contributed by atoms with Crippen molar-refractivity contribution in [3.8, 4) is 0 Å². The van der Waals surface area contributed by atoms with Crippen molar-refractivity contribution in [2.75, 3.05) is 6.54 Å². The molecule has 0 aromatic carbocycles. The number of nitrogens with zero attached hydrogens (tertiary/aromatic N) is 2. The number of furan rings is 1. The first kappa shape index (κ1) is 13.4. The predicted octanol–water partition coefficient (Wildman–Crippen LogP) is 3.17. The number of hydrogen-bond acceptors (Lipinski definition) is 3. The second kappa shape index (κ2) is 5.44. The molecule has 4 nitrogen and oxygen atoms in total.